The Morgan fingerprint density at radius 1 is 1.03 bits per heavy atom. The molecule has 0 saturated heterocycles. The van der Waals surface area contributed by atoms with Crippen molar-refractivity contribution in [3.05, 3.63) is 63.6 Å². The van der Waals surface area contributed by atoms with Crippen LogP contribution in [0.4, 0.5) is 0 Å². The van der Waals surface area contributed by atoms with Gasteiger partial charge < -0.3 is 5.32 Å². The van der Waals surface area contributed by atoms with Gasteiger partial charge in [-0.25, -0.2) is 4.98 Å². The first-order valence-electron chi connectivity index (χ1n) is 11.8. The zero-order valence-electron chi connectivity index (χ0n) is 18.2. The lowest BCUT2D eigenvalue weighted by Crippen LogP contribution is -2.60. The third-order valence-electron chi connectivity index (χ3n) is 7.92. The molecule has 4 saturated carbocycles. The molecule has 0 atom stereocenters. The van der Waals surface area contributed by atoms with Crippen molar-refractivity contribution in [1.29, 1.82) is 0 Å². The molecule has 4 fully saturated rings. The second-order valence-corrected chi connectivity index (χ2v) is 11.5. The maximum atomic E-state index is 13.1. The molecule has 3 nitrogen and oxygen atoms in total. The molecule has 0 spiro atoms. The molecule has 2 aromatic carbocycles. The summed E-state index contributed by atoms with van der Waals surface area (Å²) in [4.78, 5) is 19.0. The van der Waals surface area contributed by atoms with Crippen molar-refractivity contribution in [2.45, 2.75) is 63.8 Å². The van der Waals surface area contributed by atoms with Crippen LogP contribution in [-0.4, -0.2) is 16.4 Å². The van der Waals surface area contributed by atoms with Gasteiger partial charge in [-0.15, -0.1) is 11.3 Å². The number of amides is 1. The van der Waals surface area contributed by atoms with Crippen molar-refractivity contribution in [2.24, 2.45) is 17.8 Å². The Morgan fingerprint density at radius 3 is 2.45 bits per heavy atom. The first-order chi connectivity index (χ1) is 15.1. The van der Waals surface area contributed by atoms with E-state index in [0.717, 1.165) is 39.8 Å². The molecule has 0 aliphatic heterocycles. The third-order valence-corrected chi connectivity index (χ3v) is 9.08. The number of hydrogen-bond donors (Lipinski definition) is 1. The van der Waals surface area contributed by atoms with Crippen molar-refractivity contribution >= 4 is 28.0 Å². The van der Waals surface area contributed by atoms with E-state index in [9.17, 15) is 4.79 Å². The van der Waals surface area contributed by atoms with Crippen molar-refractivity contribution in [2.75, 3.05) is 0 Å². The molecule has 0 radical (unpaired) electrons. The third kappa shape index (κ3) is 3.69. The normalized spacial score (nSPS) is 28.9. The maximum Gasteiger partial charge on any atom is 0.225 e. The number of nitrogens with zero attached hydrogens (tertiary/aromatic N) is 1. The highest BCUT2D eigenvalue weighted by molar-refractivity contribution is 7.11. The van der Waals surface area contributed by atoms with Gasteiger partial charge in [0.15, 0.2) is 0 Å². The summed E-state index contributed by atoms with van der Waals surface area (Å²) in [6, 6.07) is 15.0. The van der Waals surface area contributed by atoms with Gasteiger partial charge in [0.05, 0.1) is 17.1 Å². The van der Waals surface area contributed by atoms with Crippen molar-refractivity contribution in [3.63, 3.8) is 0 Å². The van der Waals surface area contributed by atoms with E-state index in [1.807, 2.05) is 0 Å². The van der Waals surface area contributed by atoms with Gasteiger partial charge in [-0.05, 0) is 79.5 Å². The van der Waals surface area contributed by atoms with Crippen LogP contribution >= 0.6 is 11.3 Å². The number of carbonyl (C=O) groups is 1. The van der Waals surface area contributed by atoms with Crippen LogP contribution in [0.5, 0.6) is 0 Å². The lowest BCUT2D eigenvalue weighted by molar-refractivity contribution is -0.126. The summed E-state index contributed by atoms with van der Waals surface area (Å²) >= 11 is 1.71. The van der Waals surface area contributed by atoms with Gasteiger partial charge in [0.1, 0.15) is 0 Å². The van der Waals surface area contributed by atoms with E-state index in [1.165, 1.54) is 54.9 Å². The molecule has 1 N–H and O–H groups in total. The number of hydrogen-bond acceptors (Lipinski definition) is 3. The number of benzene rings is 2. The number of thiazole rings is 1. The fourth-order valence-electron chi connectivity index (χ4n) is 7.09. The minimum absolute atomic E-state index is 0.0935. The predicted molar refractivity (Wildman–Crippen MR) is 126 cm³/mol. The summed E-state index contributed by atoms with van der Waals surface area (Å²) < 4.78 is 0. The Morgan fingerprint density at radius 2 is 1.71 bits per heavy atom. The Labute approximate surface area is 188 Å². The summed E-state index contributed by atoms with van der Waals surface area (Å²) in [5, 5.41) is 7.18. The van der Waals surface area contributed by atoms with E-state index in [-0.39, 0.29) is 11.4 Å². The summed E-state index contributed by atoms with van der Waals surface area (Å²) in [7, 11) is 0. The average Bonchev–Trinajstić information content (AvgIpc) is 3.05. The lowest BCUT2D eigenvalue weighted by atomic mass is 9.53. The van der Waals surface area contributed by atoms with Gasteiger partial charge in [-0.1, -0.05) is 42.5 Å². The number of fused-ring (bicyclic) bond motifs is 1. The zero-order valence-corrected chi connectivity index (χ0v) is 19.0. The number of aromatic nitrogens is 1. The monoisotopic (exact) mass is 430 g/mol. The van der Waals surface area contributed by atoms with Gasteiger partial charge in [0, 0.05) is 16.8 Å². The molecule has 4 aliphatic rings. The minimum Gasteiger partial charge on any atom is -0.350 e. The SMILES string of the molecule is Cc1nc(Cc2cccc3ccccc23)sc1CC(=O)NC12CC3CC(CC(C3)C1)C2. The van der Waals surface area contributed by atoms with Crippen molar-refractivity contribution in [3.8, 4) is 0 Å². The van der Waals surface area contributed by atoms with E-state index in [1.54, 1.807) is 11.3 Å². The van der Waals surface area contributed by atoms with Gasteiger partial charge in [-0.2, -0.15) is 0 Å². The second kappa shape index (κ2) is 7.44. The van der Waals surface area contributed by atoms with Crippen LogP contribution < -0.4 is 5.32 Å². The molecule has 4 aliphatic carbocycles. The molecule has 3 aromatic rings. The lowest BCUT2D eigenvalue weighted by Gasteiger charge is -2.56. The number of nitrogens with one attached hydrogen (secondary N) is 1. The maximum absolute atomic E-state index is 13.1. The molecule has 1 amide bonds. The highest BCUT2D eigenvalue weighted by Crippen LogP contribution is 2.55. The van der Waals surface area contributed by atoms with Crippen LogP contribution in [0.1, 0.15) is 59.7 Å². The van der Waals surface area contributed by atoms with Crippen LogP contribution in [-0.2, 0) is 17.6 Å². The Bertz CT molecular complexity index is 1110. The van der Waals surface area contributed by atoms with Crippen LogP contribution in [0, 0.1) is 24.7 Å². The molecule has 4 heteroatoms. The van der Waals surface area contributed by atoms with Gasteiger partial charge >= 0.3 is 0 Å². The Kier molecular flexibility index (Phi) is 4.68. The highest BCUT2D eigenvalue weighted by atomic mass is 32.1. The summed E-state index contributed by atoms with van der Waals surface area (Å²) in [6.45, 7) is 2.05. The standard InChI is InChI=1S/C27H30N2OS/c1-17-24(13-25(30)29-27-14-18-9-19(15-27)11-20(10-18)16-27)31-26(28-17)12-22-7-4-6-21-5-2-3-8-23(21)22/h2-8,18-20H,9-16H2,1H3,(H,29,30). The predicted octanol–water partition coefficient (Wildman–Crippen LogP) is 5.82. The highest BCUT2D eigenvalue weighted by Gasteiger charge is 2.51. The van der Waals surface area contributed by atoms with E-state index in [4.69, 9.17) is 4.98 Å². The van der Waals surface area contributed by atoms with Crippen LogP contribution in [0.25, 0.3) is 10.8 Å². The van der Waals surface area contributed by atoms with E-state index in [0.29, 0.717) is 6.42 Å². The molecule has 4 bridgehead atoms. The fraction of sp³-hybridized carbons (Fsp3) is 0.481. The second-order valence-electron chi connectivity index (χ2n) is 10.4. The largest absolute Gasteiger partial charge is 0.350 e. The molecule has 31 heavy (non-hydrogen) atoms. The summed E-state index contributed by atoms with van der Waals surface area (Å²) in [5.74, 6) is 2.75. The van der Waals surface area contributed by atoms with Crippen molar-refractivity contribution < 1.29 is 4.79 Å². The summed E-state index contributed by atoms with van der Waals surface area (Å²) in [6.07, 6.45) is 9.13. The smallest absolute Gasteiger partial charge is 0.225 e. The average molecular weight is 431 g/mol. The molecule has 7 rings (SSSR count). The van der Waals surface area contributed by atoms with Crippen LogP contribution in [0.3, 0.4) is 0 Å². The van der Waals surface area contributed by atoms with E-state index < -0.39 is 0 Å². The van der Waals surface area contributed by atoms with E-state index in [2.05, 4.69) is 54.7 Å². The molecule has 1 aromatic heterocycles. The number of carbonyl (C=O) groups excluding carboxylic acids is 1. The molecular formula is C27H30N2OS. The van der Waals surface area contributed by atoms with Gasteiger partial charge in [0.25, 0.3) is 0 Å². The van der Waals surface area contributed by atoms with Gasteiger partial charge in [-0.3, -0.25) is 4.79 Å². The van der Waals surface area contributed by atoms with Crippen LogP contribution in [0.2, 0.25) is 0 Å². The topological polar surface area (TPSA) is 42.0 Å². The van der Waals surface area contributed by atoms with Crippen molar-refractivity contribution in [1.82, 2.24) is 10.3 Å². The number of rotatable bonds is 5. The van der Waals surface area contributed by atoms with E-state index >= 15 is 0 Å². The first-order valence-corrected chi connectivity index (χ1v) is 12.6. The molecular weight excluding hydrogens is 400 g/mol. The van der Waals surface area contributed by atoms with Gasteiger partial charge in [0.2, 0.25) is 5.91 Å². The minimum atomic E-state index is 0.0935. The number of aryl methyl sites for hydroxylation is 1. The zero-order chi connectivity index (χ0) is 21.0. The molecule has 160 valence electrons. The quantitative estimate of drug-likeness (QED) is 0.554. The Hall–Kier alpha value is -2.20. The van der Waals surface area contributed by atoms with Crippen LogP contribution in [0.15, 0.2) is 42.5 Å². The molecule has 1 heterocycles. The first kappa shape index (κ1) is 19.5. The Balaban J connectivity index is 1.16. The summed E-state index contributed by atoms with van der Waals surface area (Å²) in [5.41, 5.74) is 2.41. The fourth-order valence-corrected chi connectivity index (χ4v) is 8.18. The molecule has 0 unspecified atom stereocenters.